The molecule has 3 aromatic rings. The molecule has 0 radical (unpaired) electrons. The minimum atomic E-state index is -0.334. The van der Waals surface area contributed by atoms with Crippen molar-refractivity contribution in [2.45, 2.75) is 6.61 Å². The predicted molar refractivity (Wildman–Crippen MR) is 135 cm³/mol. The normalized spacial score (nSPS) is 10.8. The number of carbonyl (C=O) groups excluding carboxylic acids is 1. The minimum absolute atomic E-state index is 0.00661. The fourth-order valence-corrected chi connectivity index (χ4v) is 3.70. The van der Waals surface area contributed by atoms with Gasteiger partial charge in [0.1, 0.15) is 12.4 Å². The number of nitrogens with one attached hydrogen (secondary N) is 2. The summed E-state index contributed by atoms with van der Waals surface area (Å²) in [6.45, 7) is 0.414. The average molecular weight is 612 g/mol. The topological polar surface area (TPSA) is 72.0 Å². The second-order valence-electron chi connectivity index (χ2n) is 6.60. The van der Waals surface area contributed by atoms with E-state index in [2.05, 4.69) is 54.4 Å². The van der Waals surface area contributed by atoms with Crippen LogP contribution in [0.15, 0.2) is 70.2 Å². The third-order valence-electron chi connectivity index (χ3n) is 4.25. The van der Waals surface area contributed by atoms with Crippen LogP contribution in [0.1, 0.15) is 11.1 Å². The highest BCUT2D eigenvalue weighted by Gasteiger charge is 2.11. The van der Waals surface area contributed by atoms with E-state index >= 15 is 0 Å². The first-order valence-corrected chi connectivity index (χ1v) is 11.4. The van der Waals surface area contributed by atoms with Crippen molar-refractivity contribution in [2.75, 3.05) is 19.0 Å². The molecular formula is C23H20BrFIN3O3. The zero-order valence-electron chi connectivity index (χ0n) is 17.1. The molecule has 3 rings (SSSR count). The molecule has 0 aliphatic rings. The van der Waals surface area contributed by atoms with Crippen LogP contribution in [0.4, 0.5) is 10.1 Å². The van der Waals surface area contributed by atoms with Crippen molar-refractivity contribution in [2.24, 2.45) is 5.10 Å². The third kappa shape index (κ3) is 7.20. The number of amides is 1. The van der Waals surface area contributed by atoms with Gasteiger partial charge in [-0.15, -0.1) is 0 Å². The second kappa shape index (κ2) is 11.8. The molecule has 0 aliphatic heterocycles. The molecule has 0 aliphatic carbocycles. The molecule has 0 saturated heterocycles. The van der Waals surface area contributed by atoms with E-state index < -0.39 is 0 Å². The summed E-state index contributed by atoms with van der Waals surface area (Å²) in [4.78, 5) is 11.9. The molecule has 0 heterocycles. The molecule has 0 aromatic heterocycles. The molecule has 9 heteroatoms. The van der Waals surface area contributed by atoms with Crippen LogP contribution in [0.25, 0.3) is 0 Å². The SMILES string of the molecule is COc1cc(/C=N\NC(=O)CNc2ccc(F)cc2)cc(I)c1OCc1ccc(Br)cc1. The number of methoxy groups -OCH3 is 1. The largest absolute Gasteiger partial charge is 0.493 e. The number of carbonyl (C=O) groups is 1. The highest BCUT2D eigenvalue weighted by molar-refractivity contribution is 14.1. The predicted octanol–water partition coefficient (Wildman–Crippen LogP) is 5.34. The molecule has 0 unspecified atom stereocenters. The summed E-state index contributed by atoms with van der Waals surface area (Å²) in [5.74, 6) is 0.543. The molecule has 0 saturated carbocycles. The Balaban J connectivity index is 1.57. The summed E-state index contributed by atoms with van der Waals surface area (Å²) < 4.78 is 26.2. The Kier molecular flexibility index (Phi) is 8.86. The number of anilines is 1. The summed E-state index contributed by atoms with van der Waals surface area (Å²) >= 11 is 5.59. The van der Waals surface area contributed by atoms with Crippen LogP contribution in [0, 0.1) is 9.39 Å². The molecule has 32 heavy (non-hydrogen) atoms. The van der Waals surface area contributed by atoms with Gasteiger partial charge in [-0.1, -0.05) is 28.1 Å². The van der Waals surface area contributed by atoms with Gasteiger partial charge in [0.15, 0.2) is 11.5 Å². The van der Waals surface area contributed by atoms with Crippen LogP contribution in [-0.4, -0.2) is 25.8 Å². The van der Waals surface area contributed by atoms with Crippen molar-refractivity contribution in [1.29, 1.82) is 0 Å². The van der Waals surface area contributed by atoms with E-state index in [1.807, 2.05) is 30.3 Å². The summed E-state index contributed by atoms with van der Waals surface area (Å²) in [5, 5.41) is 6.88. The van der Waals surface area contributed by atoms with Gasteiger partial charge in [0.05, 0.1) is 23.4 Å². The number of rotatable bonds is 9. The first-order chi connectivity index (χ1) is 15.4. The molecule has 0 atom stereocenters. The van der Waals surface area contributed by atoms with Gasteiger partial charge >= 0.3 is 0 Å². The Morgan fingerprint density at radius 3 is 2.56 bits per heavy atom. The highest BCUT2D eigenvalue weighted by Crippen LogP contribution is 2.34. The molecule has 2 N–H and O–H groups in total. The van der Waals surface area contributed by atoms with Crippen LogP contribution in [-0.2, 0) is 11.4 Å². The maximum atomic E-state index is 12.9. The second-order valence-corrected chi connectivity index (χ2v) is 8.68. The lowest BCUT2D eigenvalue weighted by molar-refractivity contribution is -0.119. The molecule has 166 valence electrons. The first kappa shape index (κ1) is 24.0. The lowest BCUT2D eigenvalue weighted by atomic mass is 10.2. The summed E-state index contributed by atoms with van der Waals surface area (Å²) in [7, 11) is 1.57. The van der Waals surface area contributed by atoms with Gasteiger partial charge in [-0.05, 0) is 82.2 Å². The van der Waals surface area contributed by atoms with E-state index in [-0.39, 0.29) is 18.3 Å². The van der Waals surface area contributed by atoms with E-state index in [0.29, 0.717) is 23.8 Å². The molecule has 0 fully saturated rings. The Morgan fingerprint density at radius 2 is 1.88 bits per heavy atom. The van der Waals surface area contributed by atoms with Gasteiger partial charge < -0.3 is 14.8 Å². The molecule has 6 nitrogen and oxygen atoms in total. The average Bonchev–Trinajstić information content (AvgIpc) is 2.79. The van der Waals surface area contributed by atoms with E-state index in [0.717, 1.165) is 19.2 Å². The number of halogens is 3. The van der Waals surface area contributed by atoms with E-state index in [9.17, 15) is 9.18 Å². The lowest BCUT2D eigenvalue weighted by Gasteiger charge is -2.13. The van der Waals surface area contributed by atoms with Crippen LogP contribution < -0.4 is 20.2 Å². The molecule has 3 aromatic carbocycles. The Labute approximate surface area is 207 Å². The molecule has 0 bridgehead atoms. The molecule has 0 spiro atoms. The number of nitrogens with zero attached hydrogens (tertiary/aromatic N) is 1. The fourth-order valence-electron chi connectivity index (χ4n) is 2.66. The van der Waals surface area contributed by atoms with Gasteiger partial charge in [-0.3, -0.25) is 4.79 Å². The van der Waals surface area contributed by atoms with Crippen LogP contribution >= 0.6 is 38.5 Å². The number of benzene rings is 3. The lowest BCUT2D eigenvalue weighted by Crippen LogP contribution is -2.25. The highest BCUT2D eigenvalue weighted by atomic mass is 127. The Morgan fingerprint density at radius 1 is 1.16 bits per heavy atom. The van der Waals surface area contributed by atoms with Gasteiger partial charge in [-0.2, -0.15) is 5.10 Å². The van der Waals surface area contributed by atoms with Gasteiger partial charge in [0.2, 0.25) is 0 Å². The summed E-state index contributed by atoms with van der Waals surface area (Å²) in [6.07, 6.45) is 1.53. The van der Waals surface area contributed by atoms with Crippen LogP contribution in [0.2, 0.25) is 0 Å². The number of hydrogen-bond donors (Lipinski definition) is 2. The van der Waals surface area contributed by atoms with Crippen molar-refractivity contribution in [3.05, 3.63) is 85.7 Å². The Bertz CT molecular complexity index is 1090. The van der Waals surface area contributed by atoms with Gasteiger partial charge in [0.25, 0.3) is 5.91 Å². The van der Waals surface area contributed by atoms with E-state index in [4.69, 9.17) is 9.47 Å². The quantitative estimate of drug-likeness (QED) is 0.195. The molecular weight excluding hydrogens is 592 g/mol. The minimum Gasteiger partial charge on any atom is -0.493 e. The van der Waals surface area contributed by atoms with Crippen molar-refractivity contribution in [1.82, 2.24) is 5.43 Å². The zero-order valence-corrected chi connectivity index (χ0v) is 20.8. The number of hydrazone groups is 1. The van der Waals surface area contributed by atoms with Crippen molar-refractivity contribution in [3.63, 3.8) is 0 Å². The van der Waals surface area contributed by atoms with Gasteiger partial charge in [-0.25, -0.2) is 9.82 Å². The summed E-state index contributed by atoms with van der Waals surface area (Å²) in [6, 6.07) is 17.3. The van der Waals surface area contributed by atoms with Crippen molar-refractivity contribution < 1.29 is 18.7 Å². The number of ether oxygens (including phenoxy) is 2. The van der Waals surface area contributed by atoms with E-state index in [1.54, 1.807) is 25.3 Å². The maximum absolute atomic E-state index is 12.9. The Hall–Kier alpha value is -2.66. The molecule has 1 amide bonds. The fraction of sp³-hybridized carbons (Fsp3) is 0.130. The van der Waals surface area contributed by atoms with Crippen LogP contribution in [0.3, 0.4) is 0 Å². The van der Waals surface area contributed by atoms with Crippen molar-refractivity contribution >= 4 is 56.3 Å². The summed E-state index contributed by atoms with van der Waals surface area (Å²) in [5.41, 5.74) is 4.87. The monoisotopic (exact) mass is 611 g/mol. The first-order valence-electron chi connectivity index (χ1n) is 9.50. The van der Waals surface area contributed by atoms with Crippen molar-refractivity contribution in [3.8, 4) is 11.5 Å². The maximum Gasteiger partial charge on any atom is 0.259 e. The third-order valence-corrected chi connectivity index (χ3v) is 5.58. The van der Waals surface area contributed by atoms with Crippen LogP contribution in [0.5, 0.6) is 11.5 Å². The standard InChI is InChI=1S/C23H20BrFIN3O3/c1-31-21-11-16(10-20(26)23(21)32-14-15-2-4-17(24)5-3-15)12-28-29-22(30)13-27-19-8-6-18(25)7-9-19/h2-12,27H,13-14H2,1H3,(H,29,30)/b28-12-. The number of hydrogen-bond acceptors (Lipinski definition) is 5. The zero-order chi connectivity index (χ0) is 22.9. The van der Waals surface area contributed by atoms with Gasteiger partial charge in [0, 0.05) is 10.2 Å². The smallest absolute Gasteiger partial charge is 0.259 e. The van der Waals surface area contributed by atoms with E-state index in [1.165, 1.54) is 18.3 Å².